The second kappa shape index (κ2) is 11.4. The van der Waals surface area contributed by atoms with Crippen molar-refractivity contribution in [1.82, 2.24) is 10.1 Å². The van der Waals surface area contributed by atoms with Gasteiger partial charge < -0.3 is 19.3 Å². The van der Waals surface area contributed by atoms with E-state index in [9.17, 15) is 4.79 Å². The summed E-state index contributed by atoms with van der Waals surface area (Å²) in [5, 5.41) is 14.7. The molecule has 0 unspecified atom stereocenters. The fourth-order valence-corrected chi connectivity index (χ4v) is 4.74. The number of benzene rings is 2. The number of carboxylic acids is 1. The first-order chi connectivity index (χ1) is 17.7. The number of ether oxygens (including phenoxy) is 1. The van der Waals surface area contributed by atoms with Gasteiger partial charge in [-0.25, -0.2) is 9.78 Å². The van der Waals surface area contributed by atoms with Gasteiger partial charge in [0.2, 0.25) is 0 Å². The van der Waals surface area contributed by atoms with Gasteiger partial charge in [-0.1, -0.05) is 72.0 Å². The van der Waals surface area contributed by atoms with Crippen LogP contribution in [0.3, 0.4) is 0 Å². The first-order valence-corrected chi connectivity index (χ1v) is 12.5. The predicted octanol–water partition coefficient (Wildman–Crippen LogP) is 7.73. The molecule has 0 fully saturated rings. The number of carbonyl (C=O) groups is 1. The molecule has 7 nitrogen and oxygen atoms in total. The number of pyridine rings is 1. The van der Waals surface area contributed by atoms with Crippen molar-refractivity contribution in [2.24, 2.45) is 0 Å². The van der Waals surface area contributed by atoms with Crippen LogP contribution in [0.25, 0.3) is 11.3 Å². The van der Waals surface area contributed by atoms with Crippen LogP contribution in [0.1, 0.15) is 47.0 Å². The molecule has 0 saturated heterocycles. The summed E-state index contributed by atoms with van der Waals surface area (Å²) in [5.41, 5.74) is 3.02. The molecular formula is C27H24Cl3N3O4. The number of rotatable bonds is 9. The van der Waals surface area contributed by atoms with Crippen molar-refractivity contribution in [3.05, 3.63) is 92.2 Å². The molecular weight excluding hydrogens is 537 g/mol. The highest BCUT2D eigenvalue weighted by atomic mass is 35.5. The summed E-state index contributed by atoms with van der Waals surface area (Å²) in [6.07, 6.45) is 1.59. The zero-order valence-electron chi connectivity index (χ0n) is 20.3. The molecule has 37 heavy (non-hydrogen) atoms. The Kier molecular flexibility index (Phi) is 8.27. The highest BCUT2D eigenvalue weighted by Crippen LogP contribution is 2.39. The Morgan fingerprint density at radius 2 is 1.76 bits per heavy atom. The Morgan fingerprint density at radius 1 is 1.08 bits per heavy atom. The second-order valence-electron chi connectivity index (χ2n) is 8.75. The van der Waals surface area contributed by atoms with Crippen molar-refractivity contribution in [3.8, 4) is 17.0 Å². The lowest BCUT2D eigenvalue weighted by Gasteiger charge is -2.20. The molecule has 2 heterocycles. The molecule has 0 spiro atoms. The molecule has 0 aliphatic carbocycles. The summed E-state index contributed by atoms with van der Waals surface area (Å²) in [6, 6.07) is 13.6. The largest absolute Gasteiger partial charge is 0.487 e. The van der Waals surface area contributed by atoms with E-state index in [1.807, 2.05) is 25.8 Å². The number of aromatic carboxylic acids is 1. The van der Waals surface area contributed by atoms with Gasteiger partial charge in [0.1, 0.15) is 29.6 Å². The number of carboxylic acid groups (broad SMARTS) is 1. The van der Waals surface area contributed by atoms with E-state index in [2.05, 4.69) is 10.1 Å². The van der Waals surface area contributed by atoms with Gasteiger partial charge in [0, 0.05) is 31.1 Å². The van der Waals surface area contributed by atoms with Gasteiger partial charge in [-0.05, 0) is 29.8 Å². The topological polar surface area (TPSA) is 88.7 Å². The molecule has 0 bridgehead atoms. The van der Waals surface area contributed by atoms with Gasteiger partial charge in [0.25, 0.3) is 0 Å². The number of hydrogen-bond acceptors (Lipinski definition) is 6. The minimum atomic E-state index is -0.964. The molecule has 192 valence electrons. The van der Waals surface area contributed by atoms with Crippen LogP contribution < -0.4 is 9.64 Å². The number of hydrogen-bond donors (Lipinski definition) is 1. The monoisotopic (exact) mass is 559 g/mol. The fourth-order valence-electron chi connectivity index (χ4n) is 3.87. The van der Waals surface area contributed by atoms with Gasteiger partial charge in [0.15, 0.2) is 0 Å². The predicted molar refractivity (Wildman–Crippen MR) is 145 cm³/mol. The molecule has 0 aliphatic rings. The Labute approximate surface area is 229 Å². The third-order valence-electron chi connectivity index (χ3n) is 5.70. The summed E-state index contributed by atoms with van der Waals surface area (Å²) >= 11 is 19.4. The number of halogens is 3. The van der Waals surface area contributed by atoms with Crippen LogP contribution in [0.2, 0.25) is 15.1 Å². The van der Waals surface area contributed by atoms with Gasteiger partial charge >= 0.3 is 5.97 Å². The van der Waals surface area contributed by atoms with Crippen molar-refractivity contribution in [2.45, 2.75) is 32.9 Å². The van der Waals surface area contributed by atoms with Crippen LogP contribution >= 0.6 is 34.8 Å². The smallest absolute Gasteiger partial charge is 0.335 e. The second-order valence-corrected chi connectivity index (χ2v) is 9.97. The summed E-state index contributed by atoms with van der Waals surface area (Å²) < 4.78 is 11.7. The minimum absolute atomic E-state index is 0.0587. The standard InChI is InChI=1S/C27H24Cl3N3O4/c1-15(2)25-19(24(32-37-25)23-20(28)5-4-6-21(23)29)14-36-18-11-22(30)26(31-12-18)33(3)13-16-7-9-17(10-8-16)27(34)35/h4-12,15H,13-14H2,1-3H3,(H,34,35). The Bertz CT molecular complexity index is 1400. The lowest BCUT2D eigenvalue weighted by atomic mass is 10.0. The molecule has 10 heteroatoms. The lowest BCUT2D eigenvalue weighted by molar-refractivity contribution is 0.0697. The normalized spacial score (nSPS) is 11.1. The molecule has 2 aromatic carbocycles. The molecule has 0 amide bonds. The van der Waals surface area contributed by atoms with Crippen LogP contribution in [0.5, 0.6) is 5.75 Å². The van der Waals surface area contributed by atoms with Crippen molar-refractivity contribution < 1.29 is 19.2 Å². The highest BCUT2D eigenvalue weighted by Gasteiger charge is 2.24. The zero-order valence-corrected chi connectivity index (χ0v) is 22.6. The lowest BCUT2D eigenvalue weighted by Crippen LogP contribution is -2.18. The molecule has 2 aromatic heterocycles. The summed E-state index contributed by atoms with van der Waals surface area (Å²) in [6.45, 7) is 4.64. The number of nitrogens with zero attached hydrogens (tertiary/aromatic N) is 3. The SMILES string of the molecule is CC(C)c1onc(-c2c(Cl)cccc2Cl)c1COc1cnc(N(C)Cc2ccc(C(=O)O)cc2)c(Cl)c1. The average molecular weight is 561 g/mol. The third kappa shape index (κ3) is 6.01. The van der Waals surface area contributed by atoms with E-state index >= 15 is 0 Å². The first kappa shape index (κ1) is 26.8. The van der Waals surface area contributed by atoms with Crippen LogP contribution in [0.15, 0.2) is 59.3 Å². The van der Waals surface area contributed by atoms with E-state index in [4.69, 9.17) is 49.2 Å². The number of aromatic nitrogens is 2. The van der Waals surface area contributed by atoms with Crippen molar-refractivity contribution in [2.75, 3.05) is 11.9 Å². The van der Waals surface area contributed by atoms with Crippen molar-refractivity contribution >= 4 is 46.6 Å². The molecule has 0 radical (unpaired) electrons. The first-order valence-electron chi connectivity index (χ1n) is 11.4. The Morgan fingerprint density at radius 3 is 2.35 bits per heavy atom. The van der Waals surface area contributed by atoms with E-state index in [0.29, 0.717) is 50.2 Å². The minimum Gasteiger partial charge on any atom is -0.487 e. The maximum Gasteiger partial charge on any atom is 0.335 e. The van der Waals surface area contributed by atoms with E-state index in [1.165, 1.54) is 0 Å². The average Bonchev–Trinajstić information content (AvgIpc) is 3.26. The summed E-state index contributed by atoms with van der Waals surface area (Å²) in [4.78, 5) is 17.4. The van der Waals surface area contributed by atoms with E-state index < -0.39 is 5.97 Å². The molecule has 0 atom stereocenters. The van der Waals surface area contributed by atoms with Crippen LogP contribution in [-0.4, -0.2) is 28.3 Å². The highest BCUT2D eigenvalue weighted by molar-refractivity contribution is 6.39. The maximum atomic E-state index is 11.1. The van der Waals surface area contributed by atoms with Crippen LogP contribution in [-0.2, 0) is 13.2 Å². The van der Waals surface area contributed by atoms with E-state index in [1.54, 1.807) is 54.7 Å². The van der Waals surface area contributed by atoms with Gasteiger partial charge in [-0.2, -0.15) is 0 Å². The molecule has 4 aromatic rings. The van der Waals surface area contributed by atoms with E-state index in [0.717, 1.165) is 11.1 Å². The van der Waals surface area contributed by atoms with Crippen molar-refractivity contribution in [1.29, 1.82) is 0 Å². The molecule has 1 N–H and O–H groups in total. The van der Waals surface area contributed by atoms with Crippen LogP contribution in [0, 0.1) is 0 Å². The molecule has 0 aliphatic heterocycles. The Balaban J connectivity index is 1.52. The van der Waals surface area contributed by atoms with Crippen LogP contribution in [0.4, 0.5) is 5.82 Å². The quantitative estimate of drug-likeness (QED) is 0.224. The maximum absolute atomic E-state index is 11.1. The Hall–Kier alpha value is -3.26. The van der Waals surface area contributed by atoms with Gasteiger partial charge in [0.05, 0.1) is 32.4 Å². The molecule has 0 saturated carbocycles. The third-order valence-corrected chi connectivity index (χ3v) is 6.61. The van der Waals surface area contributed by atoms with Gasteiger partial charge in [-0.15, -0.1) is 0 Å². The number of anilines is 1. The zero-order chi connectivity index (χ0) is 26.7. The van der Waals surface area contributed by atoms with E-state index in [-0.39, 0.29) is 18.1 Å². The van der Waals surface area contributed by atoms with Gasteiger partial charge in [-0.3, -0.25) is 0 Å². The summed E-state index contributed by atoms with van der Waals surface area (Å²) in [7, 11) is 1.85. The fraction of sp³-hybridized carbons (Fsp3) is 0.222. The molecule has 4 rings (SSSR count). The van der Waals surface area contributed by atoms with Crippen molar-refractivity contribution in [3.63, 3.8) is 0 Å². The summed E-state index contributed by atoms with van der Waals surface area (Å²) in [5.74, 6) is 0.806.